The fraction of sp³-hybridized carbons (Fsp3) is 0.800. The van der Waals surface area contributed by atoms with E-state index in [0.29, 0.717) is 51.0 Å². The van der Waals surface area contributed by atoms with Gasteiger partial charge in [0, 0.05) is 37.8 Å². The maximum atomic E-state index is 11.6. The highest BCUT2D eigenvalue weighted by molar-refractivity contribution is 9.09. The van der Waals surface area contributed by atoms with E-state index in [2.05, 4.69) is 21.2 Å². The van der Waals surface area contributed by atoms with Gasteiger partial charge in [0.15, 0.2) is 0 Å². The Morgan fingerprint density at radius 1 is 1.25 bits per heavy atom. The van der Waals surface area contributed by atoms with Crippen molar-refractivity contribution in [2.45, 2.75) is 12.8 Å². The molecule has 0 bridgehead atoms. The molecule has 16 heavy (non-hydrogen) atoms. The van der Waals surface area contributed by atoms with Crippen molar-refractivity contribution in [2.24, 2.45) is 0 Å². The van der Waals surface area contributed by atoms with Crippen molar-refractivity contribution in [3.05, 3.63) is 0 Å². The minimum absolute atomic E-state index is 0.0216. The summed E-state index contributed by atoms with van der Waals surface area (Å²) in [5, 5.41) is 3.35. The van der Waals surface area contributed by atoms with Crippen molar-refractivity contribution in [1.82, 2.24) is 10.2 Å². The van der Waals surface area contributed by atoms with E-state index < -0.39 is 0 Å². The first-order valence-electron chi connectivity index (χ1n) is 5.42. The highest BCUT2D eigenvalue weighted by Crippen LogP contribution is 1.99. The van der Waals surface area contributed by atoms with Crippen LogP contribution in [0.3, 0.4) is 0 Å². The Morgan fingerprint density at radius 2 is 1.94 bits per heavy atom. The van der Waals surface area contributed by atoms with Crippen LogP contribution in [0.1, 0.15) is 12.8 Å². The van der Waals surface area contributed by atoms with Gasteiger partial charge < -0.3 is 15.0 Å². The lowest BCUT2D eigenvalue weighted by atomic mass is 10.3. The summed E-state index contributed by atoms with van der Waals surface area (Å²) in [6.07, 6.45) is 0.819. The third-order valence-electron chi connectivity index (χ3n) is 2.35. The average Bonchev–Trinajstić information content (AvgIpc) is 2.30. The predicted molar refractivity (Wildman–Crippen MR) is 63.4 cm³/mol. The normalized spacial score (nSPS) is 15.9. The number of carbonyl (C=O) groups excluding carboxylic acids is 2. The molecule has 0 aromatic heterocycles. The Morgan fingerprint density at radius 3 is 2.56 bits per heavy atom. The third kappa shape index (κ3) is 4.94. The van der Waals surface area contributed by atoms with Gasteiger partial charge in [-0.1, -0.05) is 15.9 Å². The Kier molecular flexibility index (Phi) is 6.40. The molecule has 1 aliphatic heterocycles. The van der Waals surface area contributed by atoms with Crippen LogP contribution in [0.2, 0.25) is 0 Å². The molecule has 1 saturated heterocycles. The van der Waals surface area contributed by atoms with Crippen LogP contribution in [0.25, 0.3) is 0 Å². The average molecular weight is 293 g/mol. The molecule has 5 nitrogen and oxygen atoms in total. The monoisotopic (exact) mass is 292 g/mol. The molecule has 1 aliphatic rings. The van der Waals surface area contributed by atoms with Crippen molar-refractivity contribution in [1.29, 1.82) is 0 Å². The zero-order valence-corrected chi connectivity index (χ0v) is 10.8. The molecule has 0 radical (unpaired) electrons. The number of nitrogens with one attached hydrogen (secondary N) is 1. The Bertz CT molecular complexity index is 242. The first-order valence-corrected chi connectivity index (χ1v) is 6.54. The van der Waals surface area contributed by atoms with Gasteiger partial charge in [0.2, 0.25) is 11.8 Å². The van der Waals surface area contributed by atoms with Gasteiger partial charge in [-0.2, -0.15) is 0 Å². The van der Waals surface area contributed by atoms with E-state index in [-0.39, 0.29) is 11.8 Å². The number of halogens is 1. The van der Waals surface area contributed by atoms with E-state index >= 15 is 0 Å². The zero-order valence-electron chi connectivity index (χ0n) is 9.21. The molecule has 1 heterocycles. The number of hydrogen-bond acceptors (Lipinski definition) is 3. The van der Waals surface area contributed by atoms with Gasteiger partial charge in [0.05, 0.1) is 13.2 Å². The summed E-state index contributed by atoms with van der Waals surface area (Å²) in [7, 11) is 0. The SMILES string of the molecule is O=C(CCBr)NCCC(=O)N1CCOCC1. The zero-order chi connectivity index (χ0) is 11.8. The first-order chi connectivity index (χ1) is 7.74. The molecule has 0 aromatic rings. The molecule has 6 heteroatoms. The van der Waals surface area contributed by atoms with Crippen molar-refractivity contribution in [3.63, 3.8) is 0 Å². The second-order valence-electron chi connectivity index (χ2n) is 3.53. The summed E-state index contributed by atoms with van der Waals surface area (Å²) in [5.74, 6) is 0.0640. The number of carbonyl (C=O) groups is 2. The lowest BCUT2D eigenvalue weighted by Gasteiger charge is -2.26. The minimum atomic E-state index is -0.0216. The smallest absolute Gasteiger partial charge is 0.224 e. The van der Waals surface area contributed by atoms with Crippen LogP contribution in [0, 0.1) is 0 Å². The topological polar surface area (TPSA) is 58.6 Å². The summed E-state index contributed by atoms with van der Waals surface area (Å²) in [4.78, 5) is 24.5. The van der Waals surface area contributed by atoms with E-state index in [1.54, 1.807) is 4.90 Å². The molecule has 0 aromatic carbocycles. The van der Waals surface area contributed by atoms with Gasteiger partial charge in [0.1, 0.15) is 0 Å². The standard InChI is InChI=1S/C10H17BrN2O3/c11-3-1-9(14)12-4-2-10(15)13-5-7-16-8-6-13/h1-8H2,(H,12,14). The van der Waals surface area contributed by atoms with Gasteiger partial charge >= 0.3 is 0 Å². The van der Waals surface area contributed by atoms with Gasteiger partial charge in [-0.05, 0) is 0 Å². The van der Waals surface area contributed by atoms with Crippen molar-refractivity contribution in [3.8, 4) is 0 Å². The highest BCUT2D eigenvalue weighted by atomic mass is 79.9. The van der Waals surface area contributed by atoms with E-state index in [0.717, 1.165) is 0 Å². The molecule has 0 unspecified atom stereocenters. The second-order valence-corrected chi connectivity index (χ2v) is 4.33. The molecule has 0 saturated carbocycles. The van der Waals surface area contributed by atoms with Crippen molar-refractivity contribution >= 4 is 27.7 Å². The molecule has 1 N–H and O–H groups in total. The molecular weight excluding hydrogens is 276 g/mol. The van der Waals surface area contributed by atoms with E-state index in [1.165, 1.54) is 0 Å². The lowest BCUT2D eigenvalue weighted by Crippen LogP contribution is -2.42. The van der Waals surface area contributed by atoms with Crippen LogP contribution < -0.4 is 5.32 Å². The fourth-order valence-corrected chi connectivity index (χ4v) is 1.81. The van der Waals surface area contributed by atoms with Crippen LogP contribution in [-0.4, -0.2) is 54.9 Å². The minimum Gasteiger partial charge on any atom is -0.378 e. The maximum absolute atomic E-state index is 11.6. The highest BCUT2D eigenvalue weighted by Gasteiger charge is 2.16. The molecule has 1 rings (SSSR count). The molecular formula is C10H17BrN2O3. The molecule has 0 atom stereocenters. The van der Waals surface area contributed by atoms with Gasteiger partial charge in [-0.15, -0.1) is 0 Å². The summed E-state index contributed by atoms with van der Waals surface area (Å²) in [5.41, 5.74) is 0. The summed E-state index contributed by atoms with van der Waals surface area (Å²) in [6.45, 7) is 2.97. The summed E-state index contributed by atoms with van der Waals surface area (Å²) < 4.78 is 5.16. The molecule has 0 aliphatic carbocycles. The molecule has 92 valence electrons. The molecule has 1 fully saturated rings. The lowest BCUT2D eigenvalue weighted by molar-refractivity contribution is -0.135. The van der Waals surface area contributed by atoms with E-state index in [9.17, 15) is 9.59 Å². The number of ether oxygens (including phenoxy) is 1. The van der Waals surface area contributed by atoms with Crippen LogP contribution in [0.4, 0.5) is 0 Å². The van der Waals surface area contributed by atoms with Gasteiger partial charge in [-0.25, -0.2) is 0 Å². The maximum Gasteiger partial charge on any atom is 0.224 e. The number of rotatable bonds is 5. The summed E-state index contributed by atoms with van der Waals surface area (Å²) >= 11 is 3.18. The number of hydrogen-bond donors (Lipinski definition) is 1. The van der Waals surface area contributed by atoms with Crippen molar-refractivity contribution < 1.29 is 14.3 Å². The number of nitrogens with zero attached hydrogens (tertiary/aromatic N) is 1. The third-order valence-corrected chi connectivity index (χ3v) is 2.74. The van der Waals surface area contributed by atoms with E-state index in [1.807, 2.05) is 0 Å². The van der Waals surface area contributed by atoms with E-state index in [4.69, 9.17) is 4.74 Å². The number of morpholine rings is 1. The van der Waals surface area contributed by atoms with Gasteiger partial charge in [0.25, 0.3) is 0 Å². The first kappa shape index (κ1) is 13.4. The molecule has 0 spiro atoms. The number of amides is 2. The second kappa shape index (κ2) is 7.62. The molecule has 2 amide bonds. The Balaban J connectivity index is 2.12. The largest absolute Gasteiger partial charge is 0.378 e. The summed E-state index contributed by atoms with van der Waals surface area (Å²) in [6, 6.07) is 0. The van der Waals surface area contributed by atoms with Crippen LogP contribution >= 0.6 is 15.9 Å². The van der Waals surface area contributed by atoms with Gasteiger partial charge in [-0.3, -0.25) is 9.59 Å². The van der Waals surface area contributed by atoms with Crippen LogP contribution in [0.15, 0.2) is 0 Å². The number of alkyl halides is 1. The Labute approximate surface area is 104 Å². The van der Waals surface area contributed by atoms with Crippen LogP contribution in [-0.2, 0) is 14.3 Å². The fourth-order valence-electron chi connectivity index (χ4n) is 1.45. The van der Waals surface area contributed by atoms with Crippen LogP contribution in [0.5, 0.6) is 0 Å². The predicted octanol–water partition coefficient (Wildman–Crippen LogP) is 0.136. The van der Waals surface area contributed by atoms with Crippen molar-refractivity contribution in [2.75, 3.05) is 38.2 Å². The quantitative estimate of drug-likeness (QED) is 0.733. The Hall–Kier alpha value is -0.620.